The summed E-state index contributed by atoms with van der Waals surface area (Å²) >= 11 is 0. The first-order valence-electron chi connectivity index (χ1n) is 10.4. The van der Waals surface area contributed by atoms with Gasteiger partial charge in [0, 0.05) is 24.1 Å². The first-order valence-corrected chi connectivity index (χ1v) is 10.4. The number of amides is 2. The topological polar surface area (TPSA) is 53.9 Å². The van der Waals surface area contributed by atoms with Crippen molar-refractivity contribution in [2.24, 2.45) is 5.16 Å². The third kappa shape index (κ3) is 6.24. The van der Waals surface area contributed by atoms with Crippen LogP contribution in [0.1, 0.15) is 49.4 Å². The number of urea groups is 1. The maximum absolute atomic E-state index is 12.9. The summed E-state index contributed by atoms with van der Waals surface area (Å²) in [6.07, 6.45) is -4.20. The molecule has 0 spiro atoms. The quantitative estimate of drug-likeness (QED) is 0.657. The van der Waals surface area contributed by atoms with E-state index in [1.54, 1.807) is 4.90 Å². The van der Waals surface area contributed by atoms with Crippen molar-refractivity contribution in [1.29, 1.82) is 0 Å². The summed E-state index contributed by atoms with van der Waals surface area (Å²) < 4.78 is 38.6. The Morgan fingerprint density at radius 3 is 2.38 bits per heavy atom. The second kappa shape index (κ2) is 9.22. The molecule has 1 aliphatic heterocycles. The van der Waals surface area contributed by atoms with Gasteiger partial charge in [-0.3, -0.25) is 0 Å². The van der Waals surface area contributed by atoms with Gasteiger partial charge in [-0.2, -0.15) is 13.2 Å². The van der Waals surface area contributed by atoms with Crippen molar-refractivity contribution in [3.05, 3.63) is 70.8 Å². The van der Waals surface area contributed by atoms with Crippen molar-refractivity contribution in [3.8, 4) is 0 Å². The van der Waals surface area contributed by atoms with Gasteiger partial charge in [0.25, 0.3) is 0 Å². The van der Waals surface area contributed by atoms with Crippen LogP contribution in [0.3, 0.4) is 0 Å². The molecular formula is C24H28F3N3O2. The molecule has 32 heavy (non-hydrogen) atoms. The summed E-state index contributed by atoms with van der Waals surface area (Å²) in [5, 5.41) is 7.13. The Morgan fingerprint density at radius 2 is 1.78 bits per heavy atom. The molecule has 2 aromatic carbocycles. The van der Waals surface area contributed by atoms with Crippen LogP contribution in [0.2, 0.25) is 0 Å². The number of nitrogens with zero attached hydrogens (tertiary/aromatic N) is 2. The van der Waals surface area contributed by atoms with Gasteiger partial charge in [-0.1, -0.05) is 41.6 Å². The zero-order valence-corrected chi connectivity index (χ0v) is 18.7. The highest BCUT2D eigenvalue weighted by atomic mass is 19.4. The van der Waals surface area contributed by atoms with Gasteiger partial charge in [0.15, 0.2) is 6.10 Å². The Morgan fingerprint density at radius 1 is 1.12 bits per heavy atom. The molecule has 1 unspecified atom stereocenters. The molecule has 8 heteroatoms. The average Bonchev–Trinajstić information content (AvgIpc) is 3.14. The molecule has 0 bridgehead atoms. The van der Waals surface area contributed by atoms with Gasteiger partial charge in [-0.25, -0.2) is 4.79 Å². The van der Waals surface area contributed by atoms with Crippen LogP contribution in [0, 0.1) is 6.92 Å². The first kappa shape index (κ1) is 23.6. The first-order chi connectivity index (χ1) is 14.9. The fourth-order valence-corrected chi connectivity index (χ4v) is 3.47. The number of benzene rings is 2. The van der Waals surface area contributed by atoms with Crippen LogP contribution < -0.4 is 5.32 Å². The van der Waals surface area contributed by atoms with Gasteiger partial charge < -0.3 is 15.1 Å². The second-order valence-electron chi connectivity index (χ2n) is 9.04. The van der Waals surface area contributed by atoms with Crippen LogP contribution in [0.4, 0.5) is 18.0 Å². The minimum absolute atomic E-state index is 0.152. The van der Waals surface area contributed by atoms with Crippen molar-refractivity contribution in [2.45, 2.75) is 58.5 Å². The molecule has 0 saturated heterocycles. The predicted octanol–water partition coefficient (Wildman–Crippen LogP) is 5.52. The Bertz CT molecular complexity index is 979. The number of carbonyl (C=O) groups excluding carboxylic acids is 1. The van der Waals surface area contributed by atoms with E-state index in [2.05, 4.69) is 10.5 Å². The molecule has 1 heterocycles. The van der Waals surface area contributed by atoms with Gasteiger partial charge in [0.2, 0.25) is 0 Å². The number of rotatable bonds is 5. The van der Waals surface area contributed by atoms with Gasteiger partial charge in [0.05, 0.1) is 17.8 Å². The summed E-state index contributed by atoms with van der Waals surface area (Å²) in [7, 11) is 0. The molecular weight excluding hydrogens is 419 g/mol. The molecule has 0 saturated carbocycles. The number of carbonyl (C=O) groups is 1. The molecule has 5 nitrogen and oxygen atoms in total. The number of alkyl halides is 3. The van der Waals surface area contributed by atoms with Crippen molar-refractivity contribution in [2.75, 3.05) is 6.54 Å². The summed E-state index contributed by atoms with van der Waals surface area (Å²) in [6.45, 7) is 8.01. The zero-order valence-electron chi connectivity index (χ0n) is 18.7. The van der Waals surface area contributed by atoms with Gasteiger partial charge in [-0.05, 0) is 51.0 Å². The van der Waals surface area contributed by atoms with E-state index in [-0.39, 0.29) is 25.2 Å². The number of aryl methyl sites for hydroxylation is 1. The van der Waals surface area contributed by atoms with Crippen molar-refractivity contribution >= 4 is 11.7 Å². The SMILES string of the molecule is Cc1ccccc1C1=NOC(CN(Cc2ccc(C(F)(F)F)cc2)C(=O)NC(C)(C)C)C1. The molecule has 3 rings (SSSR count). The smallest absolute Gasteiger partial charge is 0.390 e. The monoisotopic (exact) mass is 447 g/mol. The van der Waals surface area contributed by atoms with Crippen molar-refractivity contribution < 1.29 is 22.8 Å². The Balaban J connectivity index is 1.72. The molecule has 0 aromatic heterocycles. The molecule has 172 valence electrons. The minimum Gasteiger partial charge on any atom is -0.390 e. The van der Waals surface area contributed by atoms with Gasteiger partial charge in [0.1, 0.15) is 0 Å². The fourth-order valence-electron chi connectivity index (χ4n) is 3.47. The Hall–Kier alpha value is -3.03. The molecule has 2 aromatic rings. The van der Waals surface area contributed by atoms with Crippen LogP contribution in [-0.2, 0) is 17.6 Å². The summed E-state index contributed by atoms with van der Waals surface area (Å²) in [5.74, 6) is 0. The van der Waals surface area contributed by atoms with Crippen LogP contribution in [0.25, 0.3) is 0 Å². The Labute approximate surface area is 186 Å². The lowest BCUT2D eigenvalue weighted by Crippen LogP contribution is -2.50. The van der Waals surface area contributed by atoms with Crippen LogP contribution >= 0.6 is 0 Å². The lowest BCUT2D eigenvalue weighted by Gasteiger charge is -2.29. The van der Waals surface area contributed by atoms with Gasteiger partial charge >= 0.3 is 12.2 Å². The number of halogens is 3. The number of hydrogen-bond acceptors (Lipinski definition) is 3. The van der Waals surface area contributed by atoms with E-state index in [1.807, 2.05) is 52.0 Å². The maximum Gasteiger partial charge on any atom is 0.416 e. The minimum atomic E-state index is -4.40. The van der Waals surface area contributed by atoms with E-state index >= 15 is 0 Å². The summed E-state index contributed by atoms with van der Waals surface area (Å²) in [5.41, 5.74) is 2.32. The number of hydrogen-bond donors (Lipinski definition) is 1. The van der Waals surface area contributed by atoms with E-state index in [9.17, 15) is 18.0 Å². The van der Waals surface area contributed by atoms with Crippen molar-refractivity contribution in [3.63, 3.8) is 0 Å². The second-order valence-corrected chi connectivity index (χ2v) is 9.04. The summed E-state index contributed by atoms with van der Waals surface area (Å²) in [4.78, 5) is 20.1. The van der Waals surface area contributed by atoms with Crippen molar-refractivity contribution in [1.82, 2.24) is 10.2 Å². The number of oxime groups is 1. The van der Waals surface area contributed by atoms with Crippen LogP contribution in [0.15, 0.2) is 53.7 Å². The lowest BCUT2D eigenvalue weighted by atomic mass is 10.00. The normalized spacial score (nSPS) is 16.3. The largest absolute Gasteiger partial charge is 0.416 e. The zero-order chi connectivity index (χ0) is 23.5. The maximum atomic E-state index is 12.9. The molecule has 2 amide bonds. The third-order valence-corrected chi connectivity index (χ3v) is 5.04. The molecule has 1 aliphatic rings. The van der Waals surface area contributed by atoms with Gasteiger partial charge in [-0.15, -0.1) is 0 Å². The fraction of sp³-hybridized carbons (Fsp3) is 0.417. The van der Waals surface area contributed by atoms with E-state index in [4.69, 9.17) is 4.84 Å². The highest BCUT2D eigenvalue weighted by Crippen LogP contribution is 2.29. The highest BCUT2D eigenvalue weighted by molar-refractivity contribution is 6.02. The van der Waals surface area contributed by atoms with E-state index in [0.29, 0.717) is 12.0 Å². The molecule has 1 atom stereocenters. The highest BCUT2D eigenvalue weighted by Gasteiger charge is 2.31. The molecule has 1 N–H and O–H groups in total. The van der Waals surface area contributed by atoms with E-state index in [1.165, 1.54) is 12.1 Å². The molecule has 0 aliphatic carbocycles. The third-order valence-electron chi connectivity index (χ3n) is 5.04. The van der Waals surface area contributed by atoms with Crippen LogP contribution in [-0.4, -0.2) is 34.8 Å². The predicted molar refractivity (Wildman–Crippen MR) is 117 cm³/mol. The van der Waals surface area contributed by atoms with E-state index in [0.717, 1.165) is 29.0 Å². The standard InChI is InChI=1S/C24H28F3N3O2/c1-16-7-5-6-8-20(16)21-13-19(32-29-21)15-30(22(31)28-23(2,3)4)14-17-9-11-18(12-10-17)24(25,26)27/h5-12,19H,13-15H2,1-4H3,(H,28,31). The summed E-state index contributed by atoms with van der Waals surface area (Å²) in [6, 6.07) is 12.4. The molecule has 0 fully saturated rings. The number of nitrogens with one attached hydrogen (secondary N) is 1. The molecule has 0 radical (unpaired) electrons. The van der Waals surface area contributed by atoms with E-state index < -0.39 is 17.3 Å². The average molecular weight is 448 g/mol. The lowest BCUT2D eigenvalue weighted by molar-refractivity contribution is -0.137. The van der Waals surface area contributed by atoms with Crippen LogP contribution in [0.5, 0.6) is 0 Å². The Kier molecular flexibility index (Phi) is 6.81.